The number of imidazole rings is 1. The highest BCUT2D eigenvalue weighted by atomic mass is 15.3. The molecule has 160 valence electrons. The Kier molecular flexibility index (Phi) is 4.76. The Hall–Kier alpha value is -4.18. The summed E-state index contributed by atoms with van der Waals surface area (Å²) in [6, 6.07) is 25.7. The number of fused-ring (bicyclic) bond motifs is 1. The Morgan fingerprint density at radius 3 is 2.24 bits per heavy atom. The van der Waals surface area contributed by atoms with Gasteiger partial charge in [-0.2, -0.15) is 5.10 Å². The largest absolute Gasteiger partial charge is 0.306 e. The molecule has 1 aliphatic carbocycles. The first-order chi connectivity index (χ1) is 16.4. The molecule has 0 saturated heterocycles. The topological polar surface area (TPSA) is 35.1 Å². The lowest BCUT2D eigenvalue weighted by molar-refractivity contribution is 0.293. The first kappa shape index (κ1) is 19.5. The number of allylic oxidation sites excluding steroid dienone is 4. The molecule has 2 aromatic carbocycles. The summed E-state index contributed by atoms with van der Waals surface area (Å²) in [6.45, 7) is 0. The van der Waals surface area contributed by atoms with Crippen molar-refractivity contribution in [1.29, 1.82) is 0 Å². The average Bonchev–Trinajstić information content (AvgIpc) is 3.56. The summed E-state index contributed by atoms with van der Waals surface area (Å²) >= 11 is 0. The quantitative estimate of drug-likeness (QED) is 0.338. The second kappa shape index (κ2) is 8.06. The van der Waals surface area contributed by atoms with Gasteiger partial charge in [-0.1, -0.05) is 85.0 Å². The molecule has 6 rings (SSSR count). The summed E-state index contributed by atoms with van der Waals surface area (Å²) in [6.07, 6.45) is 19.9. The van der Waals surface area contributed by atoms with Gasteiger partial charge < -0.3 is 4.40 Å². The van der Waals surface area contributed by atoms with Crippen molar-refractivity contribution in [3.63, 3.8) is 0 Å². The standard InChI is InChI=1S/C29H24N4/c1-4-10-25(11-5-1)29(26-12-6-2-7-13-26,27-14-8-3-9-15-27)33-22-24(20-31-33)23-16-17-28-30-18-19-32(28)21-23/h1-14,16-22,27H,15H2. The van der Waals surface area contributed by atoms with Gasteiger partial charge in [-0.15, -0.1) is 0 Å². The molecule has 33 heavy (non-hydrogen) atoms. The van der Waals surface area contributed by atoms with E-state index in [9.17, 15) is 0 Å². The zero-order valence-electron chi connectivity index (χ0n) is 18.2. The van der Waals surface area contributed by atoms with Gasteiger partial charge in [0.05, 0.1) is 6.20 Å². The van der Waals surface area contributed by atoms with Crippen molar-refractivity contribution in [3.8, 4) is 11.1 Å². The summed E-state index contributed by atoms with van der Waals surface area (Å²) in [4.78, 5) is 4.37. The van der Waals surface area contributed by atoms with Crippen LogP contribution in [0.4, 0.5) is 0 Å². The molecule has 4 nitrogen and oxygen atoms in total. The minimum absolute atomic E-state index is 0.219. The molecule has 3 heterocycles. The van der Waals surface area contributed by atoms with Gasteiger partial charge in [0.25, 0.3) is 0 Å². The highest BCUT2D eigenvalue weighted by molar-refractivity contribution is 5.63. The van der Waals surface area contributed by atoms with E-state index in [-0.39, 0.29) is 5.92 Å². The molecule has 1 atom stereocenters. The van der Waals surface area contributed by atoms with Crippen molar-refractivity contribution in [2.75, 3.05) is 0 Å². The van der Waals surface area contributed by atoms with E-state index >= 15 is 0 Å². The number of nitrogens with zero attached hydrogens (tertiary/aromatic N) is 4. The van der Waals surface area contributed by atoms with Crippen LogP contribution in [0.2, 0.25) is 0 Å². The van der Waals surface area contributed by atoms with Gasteiger partial charge in [-0.05, 0) is 29.7 Å². The molecule has 4 heteroatoms. The van der Waals surface area contributed by atoms with Crippen molar-refractivity contribution >= 4 is 5.65 Å². The van der Waals surface area contributed by atoms with Crippen molar-refractivity contribution < 1.29 is 0 Å². The van der Waals surface area contributed by atoms with Crippen molar-refractivity contribution in [1.82, 2.24) is 19.2 Å². The van der Waals surface area contributed by atoms with E-state index in [0.717, 1.165) is 23.2 Å². The van der Waals surface area contributed by atoms with Gasteiger partial charge in [0, 0.05) is 41.8 Å². The third-order valence-electron chi connectivity index (χ3n) is 6.61. The predicted octanol–water partition coefficient (Wildman–Crippen LogP) is 6.12. The van der Waals surface area contributed by atoms with E-state index in [1.165, 1.54) is 11.1 Å². The maximum absolute atomic E-state index is 4.99. The number of hydrogen-bond donors (Lipinski definition) is 0. The highest BCUT2D eigenvalue weighted by Crippen LogP contribution is 2.44. The van der Waals surface area contributed by atoms with Crippen molar-refractivity contribution in [2.24, 2.45) is 5.92 Å². The summed E-state index contributed by atoms with van der Waals surface area (Å²) in [7, 11) is 0. The normalized spacial score (nSPS) is 15.8. The number of pyridine rings is 1. The summed E-state index contributed by atoms with van der Waals surface area (Å²) < 4.78 is 4.21. The number of aromatic nitrogens is 4. The first-order valence-electron chi connectivity index (χ1n) is 11.3. The van der Waals surface area contributed by atoms with Crippen molar-refractivity contribution in [2.45, 2.75) is 12.0 Å². The maximum Gasteiger partial charge on any atom is 0.136 e. The van der Waals surface area contributed by atoms with Crippen LogP contribution in [0.15, 0.2) is 128 Å². The molecule has 0 N–H and O–H groups in total. The van der Waals surface area contributed by atoms with Gasteiger partial charge >= 0.3 is 0 Å². The molecule has 0 radical (unpaired) electrons. The van der Waals surface area contributed by atoms with Crippen LogP contribution in [0, 0.1) is 5.92 Å². The minimum Gasteiger partial charge on any atom is -0.306 e. The van der Waals surface area contributed by atoms with Crippen LogP contribution in [0.3, 0.4) is 0 Å². The number of hydrogen-bond acceptors (Lipinski definition) is 2. The van der Waals surface area contributed by atoms with Gasteiger partial charge in [0.15, 0.2) is 0 Å². The van der Waals surface area contributed by atoms with E-state index < -0.39 is 5.54 Å². The molecule has 3 aromatic heterocycles. The lowest BCUT2D eigenvalue weighted by Crippen LogP contribution is -2.43. The molecule has 1 unspecified atom stereocenters. The fourth-order valence-electron chi connectivity index (χ4n) is 5.06. The summed E-state index contributed by atoms with van der Waals surface area (Å²) in [5.74, 6) is 0.219. The third kappa shape index (κ3) is 3.23. The Bertz CT molecular complexity index is 1400. The molecule has 1 aliphatic rings. The smallest absolute Gasteiger partial charge is 0.136 e. The second-order valence-corrected chi connectivity index (χ2v) is 8.44. The minimum atomic E-state index is -0.471. The third-order valence-corrected chi connectivity index (χ3v) is 6.61. The van der Waals surface area contributed by atoms with Crippen LogP contribution in [0.25, 0.3) is 16.8 Å². The van der Waals surface area contributed by atoms with Crippen LogP contribution in [-0.4, -0.2) is 19.2 Å². The molecule has 0 amide bonds. The molecule has 0 fully saturated rings. The second-order valence-electron chi connectivity index (χ2n) is 8.44. The van der Waals surface area contributed by atoms with E-state index in [4.69, 9.17) is 5.10 Å². The molecule has 0 aliphatic heterocycles. The maximum atomic E-state index is 4.99. The Balaban J connectivity index is 1.58. The number of benzene rings is 2. The molecular weight excluding hydrogens is 404 g/mol. The van der Waals surface area contributed by atoms with Crippen molar-refractivity contribution in [3.05, 3.63) is 139 Å². The van der Waals surface area contributed by atoms with Crippen LogP contribution < -0.4 is 0 Å². The van der Waals surface area contributed by atoms with Gasteiger partial charge in [0.1, 0.15) is 11.2 Å². The molecule has 0 spiro atoms. The SMILES string of the molecule is C1=CCC(C(c2ccccc2)(c2ccccc2)n2cc(-c3ccc4nccn4c3)cn2)C=C1. The Morgan fingerprint density at radius 1 is 0.788 bits per heavy atom. The molecule has 5 aromatic rings. The van der Waals surface area contributed by atoms with Gasteiger partial charge in [-0.3, -0.25) is 4.68 Å². The molecular formula is C29H24N4. The highest BCUT2D eigenvalue weighted by Gasteiger charge is 2.43. The van der Waals surface area contributed by atoms with Crippen LogP contribution in [0.5, 0.6) is 0 Å². The lowest BCUT2D eigenvalue weighted by atomic mass is 9.70. The van der Waals surface area contributed by atoms with E-state index in [1.54, 1.807) is 0 Å². The summed E-state index contributed by atoms with van der Waals surface area (Å²) in [5.41, 5.74) is 5.11. The Labute approximate surface area is 193 Å². The first-order valence-corrected chi connectivity index (χ1v) is 11.3. The van der Waals surface area contributed by atoms with E-state index in [1.807, 2.05) is 29.1 Å². The van der Waals surface area contributed by atoms with Gasteiger partial charge in [0.2, 0.25) is 0 Å². The number of rotatable bonds is 5. The monoisotopic (exact) mass is 428 g/mol. The fourth-order valence-corrected chi connectivity index (χ4v) is 5.06. The molecule has 0 bridgehead atoms. The van der Waals surface area contributed by atoms with E-state index in [2.05, 4.69) is 113 Å². The summed E-state index contributed by atoms with van der Waals surface area (Å²) in [5, 5.41) is 4.99. The van der Waals surface area contributed by atoms with E-state index in [0.29, 0.717) is 0 Å². The average molecular weight is 429 g/mol. The molecule has 0 saturated carbocycles. The van der Waals surface area contributed by atoms with Crippen LogP contribution in [-0.2, 0) is 5.54 Å². The zero-order valence-corrected chi connectivity index (χ0v) is 18.2. The predicted molar refractivity (Wildman–Crippen MR) is 132 cm³/mol. The van der Waals surface area contributed by atoms with Crippen LogP contribution >= 0.6 is 0 Å². The zero-order chi connectivity index (χ0) is 22.1. The Morgan fingerprint density at radius 2 is 1.55 bits per heavy atom. The van der Waals surface area contributed by atoms with Crippen LogP contribution in [0.1, 0.15) is 17.5 Å². The van der Waals surface area contributed by atoms with Gasteiger partial charge in [-0.25, -0.2) is 4.98 Å². The lowest BCUT2D eigenvalue weighted by Gasteiger charge is -2.41. The fraction of sp³-hybridized carbons (Fsp3) is 0.103.